The second-order valence-corrected chi connectivity index (χ2v) is 10.4. The van der Waals surface area contributed by atoms with E-state index >= 15 is 0 Å². The third-order valence-corrected chi connectivity index (χ3v) is 8.08. The molecule has 0 saturated heterocycles. The summed E-state index contributed by atoms with van der Waals surface area (Å²) in [5.74, 6) is 0.0586. The zero-order valence-corrected chi connectivity index (χ0v) is 18.9. The Hall–Kier alpha value is -2.83. The predicted octanol–water partition coefficient (Wildman–Crippen LogP) is 6.41. The Labute approximate surface area is 192 Å². The van der Waals surface area contributed by atoms with Crippen LogP contribution in [0.2, 0.25) is 5.02 Å². The molecule has 3 aromatic rings. The normalized spacial score (nSPS) is 21.5. The number of nitrogens with one attached hydrogen (secondary N) is 2. The number of fused-ring (bicyclic) bond motifs is 3. The van der Waals surface area contributed by atoms with Gasteiger partial charge in [0.1, 0.15) is 5.82 Å². The average molecular weight is 469 g/mol. The number of rotatable bonds is 4. The van der Waals surface area contributed by atoms with Crippen molar-refractivity contribution in [1.29, 1.82) is 0 Å². The highest BCUT2D eigenvalue weighted by atomic mass is 35.5. The molecule has 2 aliphatic rings. The van der Waals surface area contributed by atoms with Gasteiger partial charge in [-0.2, -0.15) is 0 Å². The van der Waals surface area contributed by atoms with Crippen LogP contribution in [0.25, 0.3) is 0 Å². The molecule has 0 aromatic heterocycles. The lowest BCUT2D eigenvalue weighted by atomic mass is 9.77. The van der Waals surface area contributed by atoms with Crippen molar-refractivity contribution < 1.29 is 12.8 Å². The van der Waals surface area contributed by atoms with Crippen LogP contribution >= 0.6 is 11.6 Å². The van der Waals surface area contributed by atoms with Gasteiger partial charge < -0.3 is 5.32 Å². The zero-order valence-electron chi connectivity index (χ0n) is 17.3. The molecule has 0 unspecified atom stereocenters. The molecule has 0 radical (unpaired) electrons. The molecule has 7 heteroatoms. The number of sulfonamides is 1. The van der Waals surface area contributed by atoms with Gasteiger partial charge in [-0.1, -0.05) is 42.0 Å². The van der Waals surface area contributed by atoms with Gasteiger partial charge in [-0.05, 0) is 78.4 Å². The first-order chi connectivity index (χ1) is 15.3. The van der Waals surface area contributed by atoms with Gasteiger partial charge in [0.15, 0.2) is 0 Å². The summed E-state index contributed by atoms with van der Waals surface area (Å²) in [6.07, 6.45) is 5.15. The first-order valence-corrected chi connectivity index (χ1v) is 12.3. The third kappa shape index (κ3) is 3.78. The molecule has 0 saturated carbocycles. The summed E-state index contributed by atoms with van der Waals surface area (Å²) in [4.78, 5) is 0.203. The molecule has 5 rings (SSSR count). The molecule has 1 aliphatic carbocycles. The highest BCUT2D eigenvalue weighted by Crippen LogP contribution is 2.50. The lowest BCUT2D eigenvalue weighted by Gasteiger charge is -2.37. The van der Waals surface area contributed by atoms with E-state index in [1.165, 1.54) is 12.1 Å². The Bertz CT molecular complexity index is 1320. The van der Waals surface area contributed by atoms with Crippen molar-refractivity contribution >= 4 is 33.0 Å². The number of hydrogen-bond acceptors (Lipinski definition) is 3. The van der Waals surface area contributed by atoms with E-state index in [2.05, 4.69) is 22.2 Å². The molecule has 1 heterocycles. The van der Waals surface area contributed by atoms with E-state index in [1.54, 1.807) is 30.3 Å². The second-order valence-electron chi connectivity index (χ2n) is 8.35. The van der Waals surface area contributed by atoms with Gasteiger partial charge in [0.25, 0.3) is 10.0 Å². The molecule has 32 heavy (non-hydrogen) atoms. The Morgan fingerprint density at radius 2 is 1.84 bits per heavy atom. The van der Waals surface area contributed by atoms with E-state index in [4.69, 9.17) is 11.6 Å². The Morgan fingerprint density at radius 1 is 1.06 bits per heavy atom. The van der Waals surface area contributed by atoms with Crippen molar-refractivity contribution in [2.24, 2.45) is 5.92 Å². The minimum absolute atomic E-state index is 0.0263. The molecule has 0 spiro atoms. The summed E-state index contributed by atoms with van der Waals surface area (Å²) in [5.41, 5.74) is 4.16. The van der Waals surface area contributed by atoms with Crippen molar-refractivity contribution in [1.82, 2.24) is 0 Å². The molecule has 0 fully saturated rings. The summed E-state index contributed by atoms with van der Waals surface area (Å²) in [6, 6.07) is 16.8. The van der Waals surface area contributed by atoms with Crippen LogP contribution in [0.15, 0.2) is 77.7 Å². The van der Waals surface area contributed by atoms with E-state index in [0.29, 0.717) is 10.7 Å². The topological polar surface area (TPSA) is 58.2 Å². The van der Waals surface area contributed by atoms with Crippen LogP contribution in [0.5, 0.6) is 0 Å². The van der Waals surface area contributed by atoms with Crippen molar-refractivity contribution in [3.05, 3.63) is 100 Å². The predicted molar refractivity (Wildman–Crippen MR) is 126 cm³/mol. The summed E-state index contributed by atoms with van der Waals surface area (Å²) in [7, 11) is -3.78. The summed E-state index contributed by atoms with van der Waals surface area (Å²) < 4.78 is 42.2. The Morgan fingerprint density at radius 3 is 2.59 bits per heavy atom. The summed E-state index contributed by atoms with van der Waals surface area (Å²) in [6.45, 7) is 1.86. The number of benzene rings is 3. The largest absolute Gasteiger partial charge is 0.378 e. The highest BCUT2D eigenvalue weighted by molar-refractivity contribution is 7.92. The van der Waals surface area contributed by atoms with Crippen LogP contribution < -0.4 is 10.0 Å². The minimum atomic E-state index is -3.78. The number of halogens is 2. The standard InChI is InChI=1S/C25H22ClFN2O2S/c1-15-5-10-18(13-23(15)26)29-32(30,31)19-11-12-24-22(14-19)20-3-2-4-21(20)25(28-24)16-6-8-17(27)9-7-16/h2-3,5-14,20-21,25,28-29H,4H2,1H3/t20-,21+,25+/m0/s1. The van der Waals surface area contributed by atoms with Gasteiger partial charge in [-0.15, -0.1) is 0 Å². The van der Waals surface area contributed by atoms with E-state index in [9.17, 15) is 12.8 Å². The van der Waals surface area contributed by atoms with E-state index in [-0.39, 0.29) is 28.6 Å². The van der Waals surface area contributed by atoms with Crippen LogP contribution in [0, 0.1) is 18.7 Å². The van der Waals surface area contributed by atoms with Crippen molar-refractivity contribution in [2.45, 2.75) is 30.2 Å². The maximum atomic E-state index is 13.4. The van der Waals surface area contributed by atoms with Gasteiger partial charge in [0.05, 0.1) is 16.6 Å². The first kappa shape index (κ1) is 21.0. The van der Waals surface area contributed by atoms with E-state index in [1.807, 2.05) is 25.1 Å². The van der Waals surface area contributed by atoms with Crippen molar-refractivity contribution in [2.75, 3.05) is 10.0 Å². The SMILES string of the molecule is Cc1ccc(NS(=O)(=O)c2ccc3c(c2)[C@H]2C=CC[C@H]2[C@@H](c2ccc(F)cc2)N3)cc1Cl. The lowest BCUT2D eigenvalue weighted by Crippen LogP contribution is -2.29. The Kier molecular flexibility index (Phi) is 5.22. The lowest BCUT2D eigenvalue weighted by molar-refractivity contribution is 0.424. The molecular formula is C25H22ClFN2O2S. The number of aryl methyl sites for hydroxylation is 1. The van der Waals surface area contributed by atoms with Gasteiger partial charge in [0, 0.05) is 16.6 Å². The quantitative estimate of drug-likeness (QED) is 0.434. The van der Waals surface area contributed by atoms with E-state index in [0.717, 1.165) is 28.8 Å². The van der Waals surface area contributed by atoms with E-state index < -0.39 is 10.0 Å². The smallest absolute Gasteiger partial charge is 0.261 e. The maximum Gasteiger partial charge on any atom is 0.261 e. The monoisotopic (exact) mass is 468 g/mol. The highest BCUT2D eigenvalue weighted by Gasteiger charge is 2.38. The fourth-order valence-corrected chi connectivity index (χ4v) is 5.88. The maximum absolute atomic E-state index is 13.4. The van der Waals surface area contributed by atoms with Gasteiger partial charge in [-0.25, -0.2) is 12.8 Å². The minimum Gasteiger partial charge on any atom is -0.378 e. The molecular weight excluding hydrogens is 447 g/mol. The second kappa shape index (κ2) is 7.94. The third-order valence-electron chi connectivity index (χ3n) is 6.30. The number of allylic oxidation sites excluding steroid dienone is 2. The summed E-state index contributed by atoms with van der Waals surface area (Å²) >= 11 is 6.15. The van der Waals surface area contributed by atoms with Crippen molar-refractivity contribution in [3.63, 3.8) is 0 Å². The molecule has 2 N–H and O–H groups in total. The van der Waals surface area contributed by atoms with Gasteiger partial charge >= 0.3 is 0 Å². The average Bonchev–Trinajstić information content (AvgIpc) is 3.26. The molecule has 3 aromatic carbocycles. The fourth-order valence-electron chi connectivity index (χ4n) is 4.61. The van der Waals surface area contributed by atoms with Crippen LogP contribution in [0.3, 0.4) is 0 Å². The number of hydrogen-bond donors (Lipinski definition) is 2. The zero-order chi connectivity index (χ0) is 22.5. The molecule has 164 valence electrons. The molecule has 3 atom stereocenters. The van der Waals surface area contributed by atoms with Crippen molar-refractivity contribution in [3.8, 4) is 0 Å². The molecule has 0 amide bonds. The molecule has 4 nitrogen and oxygen atoms in total. The fraction of sp³-hybridized carbons (Fsp3) is 0.200. The first-order valence-electron chi connectivity index (χ1n) is 10.4. The van der Waals surface area contributed by atoms with Crippen LogP contribution in [0.1, 0.15) is 35.1 Å². The van der Waals surface area contributed by atoms with Crippen LogP contribution in [0.4, 0.5) is 15.8 Å². The Balaban J connectivity index is 1.48. The number of anilines is 2. The molecule has 0 bridgehead atoms. The van der Waals surface area contributed by atoms with Crippen LogP contribution in [-0.2, 0) is 10.0 Å². The van der Waals surface area contributed by atoms with Crippen LogP contribution in [-0.4, -0.2) is 8.42 Å². The van der Waals surface area contributed by atoms with Gasteiger partial charge in [-0.3, -0.25) is 4.72 Å². The summed E-state index contributed by atoms with van der Waals surface area (Å²) in [5, 5.41) is 4.06. The van der Waals surface area contributed by atoms with Gasteiger partial charge in [0.2, 0.25) is 0 Å². The molecule has 1 aliphatic heterocycles.